The maximum atomic E-state index is 12.4. The lowest BCUT2D eigenvalue weighted by molar-refractivity contribution is -0.119. The molecule has 0 radical (unpaired) electrons. The summed E-state index contributed by atoms with van der Waals surface area (Å²) in [5, 5.41) is 11.2. The number of ether oxygens (including phenoxy) is 1. The monoisotopic (exact) mass is 431 g/mol. The van der Waals surface area contributed by atoms with Gasteiger partial charge in [0.2, 0.25) is 0 Å². The van der Waals surface area contributed by atoms with Crippen LogP contribution in [0.4, 0.5) is 17.1 Å². The number of amidine groups is 1. The molecule has 0 spiro atoms. The lowest BCUT2D eigenvalue weighted by atomic mass is 10.1. The van der Waals surface area contributed by atoms with E-state index in [9.17, 15) is 4.79 Å². The molecule has 164 valence electrons. The molecule has 32 heavy (non-hydrogen) atoms. The summed E-state index contributed by atoms with van der Waals surface area (Å²) in [5.41, 5.74) is 4.92. The number of hydrogen-bond acceptors (Lipinski definition) is 7. The van der Waals surface area contributed by atoms with Gasteiger partial charge in [0, 0.05) is 32.9 Å². The number of para-hydroxylation sites is 1. The molecule has 2 aliphatic rings. The molecule has 3 heterocycles. The predicted octanol–water partition coefficient (Wildman–Crippen LogP) is 3.15. The van der Waals surface area contributed by atoms with Gasteiger partial charge in [0.05, 0.1) is 41.1 Å². The van der Waals surface area contributed by atoms with Crippen molar-refractivity contribution in [3.05, 3.63) is 42.0 Å². The van der Waals surface area contributed by atoms with Crippen molar-refractivity contribution in [2.45, 2.75) is 25.7 Å². The number of aryl methyl sites for hydroxylation is 1. The van der Waals surface area contributed by atoms with E-state index in [1.807, 2.05) is 31.3 Å². The first kappa shape index (κ1) is 20.2. The van der Waals surface area contributed by atoms with Gasteiger partial charge in [-0.25, -0.2) is 4.98 Å². The number of carbonyl (C=O) groups excluding carboxylic acids is 1. The number of carbonyl (C=O) groups is 1. The van der Waals surface area contributed by atoms with Crippen molar-refractivity contribution in [3.63, 3.8) is 0 Å². The molecule has 5 rings (SSSR count). The van der Waals surface area contributed by atoms with Gasteiger partial charge in [-0.05, 0) is 31.0 Å². The number of anilines is 3. The fraction of sp³-hybridized carbons (Fsp3) is 0.348. The molecular formula is C23H25N7O2. The molecule has 1 aromatic carbocycles. The number of Topliss-reactive ketones (excluding diaryl/α,β-unsaturated/α-hetero) is 1. The maximum absolute atomic E-state index is 12.4. The van der Waals surface area contributed by atoms with Gasteiger partial charge in [-0.2, -0.15) is 5.10 Å². The van der Waals surface area contributed by atoms with Crippen molar-refractivity contribution in [3.8, 4) is 17.1 Å². The quantitative estimate of drug-likeness (QED) is 0.592. The maximum Gasteiger partial charge on any atom is 0.184 e. The molecule has 1 aliphatic heterocycles. The molecule has 1 aliphatic carbocycles. The molecular weight excluding hydrogens is 406 g/mol. The SMILES string of the molecule is CN=C1Cc2nc(CC(=O)C3CC3)cc(Nc3cccc(-c4ncn(C)n4)c3OC)c2N1. The fourth-order valence-electron chi connectivity index (χ4n) is 3.96. The zero-order valence-corrected chi connectivity index (χ0v) is 18.3. The fourth-order valence-corrected chi connectivity index (χ4v) is 3.96. The molecule has 0 saturated heterocycles. The minimum Gasteiger partial charge on any atom is -0.494 e. The second-order valence-corrected chi connectivity index (χ2v) is 8.13. The third-order valence-electron chi connectivity index (χ3n) is 5.74. The van der Waals surface area contributed by atoms with E-state index in [0.29, 0.717) is 24.4 Å². The first-order chi connectivity index (χ1) is 15.6. The molecule has 3 aromatic rings. The zero-order chi connectivity index (χ0) is 22.2. The standard InChI is InChI=1S/C23H25N7O2/c1-24-20-11-18-21(28-20)17(9-14(26-18)10-19(31)13-7-8-13)27-16-6-4-5-15(22(16)32-3)23-25-12-30(2)29-23/h4-6,9,12-13H,7-8,10-11H2,1-3H3,(H,24,28)(H,26,27). The van der Waals surface area contributed by atoms with Crippen LogP contribution in [0.25, 0.3) is 11.4 Å². The van der Waals surface area contributed by atoms with Gasteiger partial charge in [-0.1, -0.05) is 6.07 Å². The molecule has 1 fully saturated rings. The number of hydrogen-bond donors (Lipinski definition) is 2. The van der Waals surface area contributed by atoms with Crippen LogP contribution >= 0.6 is 0 Å². The van der Waals surface area contributed by atoms with Gasteiger partial charge >= 0.3 is 0 Å². The summed E-state index contributed by atoms with van der Waals surface area (Å²) < 4.78 is 7.40. The van der Waals surface area contributed by atoms with Crippen LogP contribution in [-0.2, 0) is 24.7 Å². The predicted molar refractivity (Wildman–Crippen MR) is 123 cm³/mol. The van der Waals surface area contributed by atoms with E-state index in [1.54, 1.807) is 25.2 Å². The van der Waals surface area contributed by atoms with Crippen molar-refractivity contribution in [1.29, 1.82) is 0 Å². The normalized spacial score (nSPS) is 16.0. The zero-order valence-electron chi connectivity index (χ0n) is 18.3. The highest BCUT2D eigenvalue weighted by molar-refractivity contribution is 6.06. The summed E-state index contributed by atoms with van der Waals surface area (Å²) in [7, 11) is 5.21. The van der Waals surface area contributed by atoms with Crippen LogP contribution < -0.4 is 15.4 Å². The average Bonchev–Trinajstić information content (AvgIpc) is 3.42. The first-order valence-corrected chi connectivity index (χ1v) is 10.6. The Bertz CT molecular complexity index is 1230. The Morgan fingerprint density at radius 2 is 2.19 bits per heavy atom. The number of ketones is 1. The highest BCUT2D eigenvalue weighted by Gasteiger charge is 2.30. The molecule has 0 atom stereocenters. The minimum atomic E-state index is 0.204. The number of rotatable bonds is 7. The molecule has 9 heteroatoms. The Labute approximate surface area is 185 Å². The average molecular weight is 432 g/mol. The molecule has 2 aromatic heterocycles. The second-order valence-electron chi connectivity index (χ2n) is 8.13. The van der Waals surface area contributed by atoms with E-state index >= 15 is 0 Å². The molecule has 0 amide bonds. The smallest absolute Gasteiger partial charge is 0.184 e. The van der Waals surface area contributed by atoms with Crippen molar-refractivity contribution < 1.29 is 9.53 Å². The third-order valence-corrected chi connectivity index (χ3v) is 5.74. The highest BCUT2D eigenvalue weighted by atomic mass is 16.5. The number of aliphatic imine (C=N–C) groups is 1. The van der Waals surface area contributed by atoms with Crippen LogP contribution in [0.5, 0.6) is 5.75 Å². The number of benzene rings is 1. The number of nitrogens with zero attached hydrogens (tertiary/aromatic N) is 5. The topological polar surface area (TPSA) is 106 Å². The van der Waals surface area contributed by atoms with E-state index in [0.717, 1.165) is 52.7 Å². The lowest BCUT2D eigenvalue weighted by Crippen LogP contribution is -2.08. The third kappa shape index (κ3) is 3.81. The molecule has 9 nitrogen and oxygen atoms in total. The van der Waals surface area contributed by atoms with Crippen LogP contribution in [0.3, 0.4) is 0 Å². The number of nitrogens with one attached hydrogen (secondary N) is 2. The van der Waals surface area contributed by atoms with Crippen LogP contribution in [-0.4, -0.2) is 45.5 Å². The van der Waals surface area contributed by atoms with Gasteiger partial charge in [-0.15, -0.1) is 0 Å². The van der Waals surface area contributed by atoms with Crippen molar-refractivity contribution in [1.82, 2.24) is 19.7 Å². The summed E-state index contributed by atoms with van der Waals surface area (Å²) in [6, 6.07) is 7.74. The molecule has 0 bridgehead atoms. The van der Waals surface area contributed by atoms with Gasteiger partial charge in [-0.3, -0.25) is 19.5 Å². The molecule has 0 unspecified atom stereocenters. The Hall–Kier alpha value is -3.75. The number of aromatic nitrogens is 4. The van der Waals surface area contributed by atoms with Crippen LogP contribution in [0.1, 0.15) is 24.2 Å². The number of fused-ring (bicyclic) bond motifs is 1. The second kappa shape index (κ2) is 8.07. The van der Waals surface area contributed by atoms with E-state index in [-0.39, 0.29) is 11.7 Å². The van der Waals surface area contributed by atoms with Crippen LogP contribution in [0.2, 0.25) is 0 Å². The first-order valence-electron chi connectivity index (χ1n) is 10.6. The van der Waals surface area contributed by atoms with Gasteiger partial charge in [0.1, 0.15) is 17.9 Å². The van der Waals surface area contributed by atoms with E-state index in [1.165, 1.54) is 0 Å². The van der Waals surface area contributed by atoms with E-state index in [2.05, 4.69) is 25.7 Å². The van der Waals surface area contributed by atoms with Gasteiger partial charge in [0.15, 0.2) is 11.6 Å². The summed E-state index contributed by atoms with van der Waals surface area (Å²) in [6.07, 6.45) is 4.60. The van der Waals surface area contributed by atoms with Crippen molar-refractivity contribution in [2.75, 3.05) is 24.8 Å². The van der Waals surface area contributed by atoms with Crippen molar-refractivity contribution >= 4 is 28.7 Å². The van der Waals surface area contributed by atoms with Gasteiger partial charge in [0.25, 0.3) is 0 Å². The Balaban J connectivity index is 1.53. The van der Waals surface area contributed by atoms with Crippen LogP contribution in [0.15, 0.2) is 35.6 Å². The van der Waals surface area contributed by atoms with E-state index in [4.69, 9.17) is 9.72 Å². The number of methoxy groups -OCH3 is 1. The highest BCUT2D eigenvalue weighted by Crippen LogP contribution is 2.40. The Morgan fingerprint density at radius 1 is 1.34 bits per heavy atom. The Morgan fingerprint density at radius 3 is 2.88 bits per heavy atom. The summed E-state index contributed by atoms with van der Waals surface area (Å²) in [6.45, 7) is 0. The molecule has 1 saturated carbocycles. The summed E-state index contributed by atoms with van der Waals surface area (Å²) >= 11 is 0. The van der Waals surface area contributed by atoms with Crippen LogP contribution in [0, 0.1) is 5.92 Å². The Kier molecular flexibility index (Phi) is 5.08. The minimum absolute atomic E-state index is 0.204. The largest absolute Gasteiger partial charge is 0.494 e. The van der Waals surface area contributed by atoms with Gasteiger partial charge < -0.3 is 15.4 Å². The molecule has 2 N–H and O–H groups in total. The summed E-state index contributed by atoms with van der Waals surface area (Å²) in [4.78, 5) is 25.8. The number of pyridine rings is 1. The lowest BCUT2D eigenvalue weighted by Gasteiger charge is -2.17. The van der Waals surface area contributed by atoms with Crippen molar-refractivity contribution in [2.24, 2.45) is 18.0 Å². The van der Waals surface area contributed by atoms with E-state index < -0.39 is 0 Å². The summed E-state index contributed by atoms with van der Waals surface area (Å²) in [5.74, 6) is 2.54.